The Kier molecular flexibility index (Phi) is 7.79. The Morgan fingerprint density at radius 2 is 2.15 bits per heavy atom. The average Bonchev–Trinajstić information content (AvgIpc) is 2.43. The lowest BCUT2D eigenvalue weighted by Gasteiger charge is -2.08. The van der Waals surface area contributed by atoms with E-state index in [0.717, 1.165) is 31.2 Å². The lowest BCUT2D eigenvalue weighted by molar-refractivity contribution is -0.116. The summed E-state index contributed by atoms with van der Waals surface area (Å²) in [5.41, 5.74) is 6.75. The first kappa shape index (κ1) is 16.6. The van der Waals surface area contributed by atoms with Crippen molar-refractivity contribution in [1.29, 1.82) is 0 Å². The second kappa shape index (κ2) is 9.41. The fraction of sp³-hybridized carbons (Fsp3) is 0.438. The molecule has 0 spiro atoms. The minimum absolute atomic E-state index is 0.000770. The maximum atomic E-state index is 11.9. The van der Waals surface area contributed by atoms with Crippen molar-refractivity contribution >= 4 is 23.2 Å². The molecule has 0 bridgehead atoms. The summed E-state index contributed by atoms with van der Waals surface area (Å²) >= 11 is 5.96. The Hall–Kier alpha value is -1.50. The Balaban J connectivity index is 2.65. The third-order valence-corrected chi connectivity index (χ3v) is 3.07. The van der Waals surface area contributed by atoms with Gasteiger partial charge in [-0.05, 0) is 24.6 Å². The summed E-state index contributed by atoms with van der Waals surface area (Å²) < 4.78 is 0. The van der Waals surface area contributed by atoms with E-state index in [2.05, 4.69) is 24.1 Å². The Labute approximate surface area is 125 Å². The lowest BCUT2D eigenvalue weighted by atomic mass is 10.1. The van der Waals surface area contributed by atoms with Gasteiger partial charge in [0.15, 0.2) is 0 Å². The fourth-order valence-electron chi connectivity index (χ4n) is 1.80. The summed E-state index contributed by atoms with van der Waals surface area (Å²) in [5.74, 6) is 5.71. The predicted molar refractivity (Wildman–Crippen MR) is 84.8 cm³/mol. The van der Waals surface area contributed by atoms with Gasteiger partial charge in [0.25, 0.3) is 0 Å². The van der Waals surface area contributed by atoms with Gasteiger partial charge in [0, 0.05) is 17.0 Å². The van der Waals surface area contributed by atoms with E-state index < -0.39 is 0 Å². The number of benzene rings is 1. The van der Waals surface area contributed by atoms with Crippen LogP contribution in [0.25, 0.3) is 0 Å². The highest BCUT2D eigenvalue weighted by Gasteiger charge is 2.06. The highest BCUT2D eigenvalue weighted by molar-refractivity contribution is 6.31. The van der Waals surface area contributed by atoms with E-state index in [0.29, 0.717) is 17.1 Å². The summed E-state index contributed by atoms with van der Waals surface area (Å²) in [4.78, 5) is 11.9. The van der Waals surface area contributed by atoms with Crippen LogP contribution in [0.1, 0.15) is 44.6 Å². The highest BCUT2D eigenvalue weighted by Crippen LogP contribution is 2.20. The van der Waals surface area contributed by atoms with Gasteiger partial charge < -0.3 is 11.1 Å². The molecule has 108 valence electrons. The Bertz CT molecular complexity index is 503. The summed E-state index contributed by atoms with van der Waals surface area (Å²) in [7, 11) is 0. The first-order valence-electron chi connectivity index (χ1n) is 6.95. The average molecular weight is 293 g/mol. The van der Waals surface area contributed by atoms with E-state index in [4.69, 9.17) is 17.3 Å². The normalized spacial score (nSPS) is 9.75. The van der Waals surface area contributed by atoms with Gasteiger partial charge in [-0.25, -0.2) is 0 Å². The van der Waals surface area contributed by atoms with Crippen LogP contribution in [0.3, 0.4) is 0 Å². The van der Waals surface area contributed by atoms with Crippen LogP contribution >= 0.6 is 11.6 Å². The molecule has 0 heterocycles. The molecule has 20 heavy (non-hydrogen) atoms. The van der Waals surface area contributed by atoms with Crippen molar-refractivity contribution < 1.29 is 4.79 Å². The maximum Gasteiger partial charge on any atom is 0.224 e. The molecule has 0 unspecified atom stereocenters. The van der Waals surface area contributed by atoms with Crippen LogP contribution in [0.15, 0.2) is 18.2 Å². The largest absolute Gasteiger partial charge is 0.325 e. The minimum Gasteiger partial charge on any atom is -0.325 e. The summed E-state index contributed by atoms with van der Waals surface area (Å²) in [5, 5.41) is 3.44. The van der Waals surface area contributed by atoms with Crippen LogP contribution in [0.2, 0.25) is 5.02 Å². The molecule has 1 amide bonds. The maximum absolute atomic E-state index is 11.9. The second-order valence-corrected chi connectivity index (χ2v) is 4.99. The molecule has 4 heteroatoms. The molecule has 3 N–H and O–H groups in total. The third-order valence-electron chi connectivity index (χ3n) is 2.84. The van der Waals surface area contributed by atoms with Gasteiger partial charge >= 0.3 is 0 Å². The SMILES string of the molecule is CCCCCCC(=O)Nc1cc(Cl)ccc1C#CCN. The van der Waals surface area contributed by atoms with E-state index in [1.165, 1.54) is 0 Å². The van der Waals surface area contributed by atoms with Crippen LogP contribution in [-0.4, -0.2) is 12.5 Å². The van der Waals surface area contributed by atoms with Crippen LogP contribution < -0.4 is 11.1 Å². The van der Waals surface area contributed by atoms with Gasteiger partial charge in [0.05, 0.1) is 12.2 Å². The zero-order valence-corrected chi connectivity index (χ0v) is 12.6. The number of hydrogen-bond donors (Lipinski definition) is 2. The molecule has 0 aliphatic rings. The molecule has 0 fully saturated rings. The van der Waals surface area contributed by atoms with Gasteiger partial charge in [0.1, 0.15) is 0 Å². The summed E-state index contributed by atoms with van der Waals surface area (Å²) in [6.45, 7) is 2.43. The number of rotatable bonds is 6. The molecule has 0 saturated heterocycles. The van der Waals surface area contributed by atoms with Crippen molar-refractivity contribution in [3.05, 3.63) is 28.8 Å². The molecule has 0 aliphatic carbocycles. The first-order chi connectivity index (χ1) is 9.67. The van der Waals surface area contributed by atoms with Gasteiger partial charge in [0.2, 0.25) is 5.91 Å². The van der Waals surface area contributed by atoms with Crippen molar-refractivity contribution in [3.8, 4) is 11.8 Å². The third kappa shape index (κ3) is 6.10. The predicted octanol–water partition coefficient (Wildman–Crippen LogP) is 3.56. The molecule has 3 nitrogen and oxygen atoms in total. The molecule has 0 saturated carbocycles. The number of amides is 1. The molecule has 0 atom stereocenters. The fourth-order valence-corrected chi connectivity index (χ4v) is 1.97. The second-order valence-electron chi connectivity index (χ2n) is 4.55. The van der Waals surface area contributed by atoms with Crippen LogP contribution in [-0.2, 0) is 4.79 Å². The van der Waals surface area contributed by atoms with Crippen molar-refractivity contribution in [1.82, 2.24) is 0 Å². The van der Waals surface area contributed by atoms with Crippen molar-refractivity contribution in [2.45, 2.75) is 39.0 Å². The van der Waals surface area contributed by atoms with Gasteiger partial charge in [-0.3, -0.25) is 4.79 Å². The zero-order valence-electron chi connectivity index (χ0n) is 11.8. The van der Waals surface area contributed by atoms with E-state index in [-0.39, 0.29) is 12.5 Å². The number of carbonyl (C=O) groups excluding carboxylic acids is 1. The number of nitrogens with two attached hydrogens (primary N) is 1. The summed E-state index contributed by atoms with van der Waals surface area (Å²) in [6.07, 6.45) is 4.84. The molecular formula is C16H21ClN2O. The monoisotopic (exact) mass is 292 g/mol. The van der Waals surface area contributed by atoms with Crippen LogP contribution in [0.4, 0.5) is 5.69 Å². The molecule has 0 aromatic heterocycles. The molecule has 0 radical (unpaired) electrons. The standard InChI is InChI=1S/C16H21ClN2O/c1-2-3-4-5-8-16(20)19-15-12-14(17)10-9-13(15)7-6-11-18/h9-10,12H,2-5,8,11,18H2,1H3,(H,19,20). The molecular weight excluding hydrogens is 272 g/mol. The Morgan fingerprint density at radius 3 is 2.85 bits per heavy atom. The van der Waals surface area contributed by atoms with Crippen LogP contribution in [0.5, 0.6) is 0 Å². The lowest BCUT2D eigenvalue weighted by Crippen LogP contribution is -2.12. The van der Waals surface area contributed by atoms with E-state index in [9.17, 15) is 4.79 Å². The molecule has 0 aliphatic heterocycles. The van der Waals surface area contributed by atoms with Gasteiger partial charge in [-0.15, -0.1) is 0 Å². The number of anilines is 1. The van der Waals surface area contributed by atoms with Gasteiger partial charge in [-0.2, -0.15) is 0 Å². The zero-order chi connectivity index (χ0) is 14.8. The highest BCUT2D eigenvalue weighted by atomic mass is 35.5. The number of unbranched alkanes of at least 4 members (excludes halogenated alkanes) is 3. The van der Waals surface area contributed by atoms with Crippen LogP contribution in [0, 0.1) is 11.8 Å². The summed E-state index contributed by atoms with van der Waals surface area (Å²) in [6, 6.07) is 5.25. The molecule has 1 aromatic rings. The van der Waals surface area contributed by atoms with Crippen molar-refractivity contribution in [2.24, 2.45) is 5.73 Å². The minimum atomic E-state index is -0.000770. The van der Waals surface area contributed by atoms with Gasteiger partial charge in [-0.1, -0.05) is 49.6 Å². The number of carbonyl (C=O) groups is 1. The van der Waals surface area contributed by atoms with Crippen molar-refractivity contribution in [2.75, 3.05) is 11.9 Å². The molecule has 1 rings (SSSR count). The Morgan fingerprint density at radius 1 is 1.35 bits per heavy atom. The first-order valence-corrected chi connectivity index (χ1v) is 7.33. The topological polar surface area (TPSA) is 55.1 Å². The quantitative estimate of drug-likeness (QED) is 0.622. The number of hydrogen-bond acceptors (Lipinski definition) is 2. The van der Waals surface area contributed by atoms with E-state index in [1.54, 1.807) is 18.2 Å². The van der Waals surface area contributed by atoms with Crippen molar-refractivity contribution in [3.63, 3.8) is 0 Å². The number of nitrogens with one attached hydrogen (secondary N) is 1. The smallest absolute Gasteiger partial charge is 0.224 e. The number of halogens is 1. The van der Waals surface area contributed by atoms with E-state index in [1.807, 2.05) is 0 Å². The molecule has 1 aromatic carbocycles. The van der Waals surface area contributed by atoms with E-state index >= 15 is 0 Å².